The fourth-order valence-electron chi connectivity index (χ4n) is 4.60. The normalized spacial score (nSPS) is 11.2. The highest BCUT2D eigenvalue weighted by atomic mass is 35.5. The second-order valence-electron chi connectivity index (χ2n) is 9.07. The lowest BCUT2D eigenvalue weighted by Gasteiger charge is -2.23. The molecular formula is C30H27ClN2O4S. The number of hydrogen-bond acceptors (Lipinski definition) is 5. The number of halogens is 1. The van der Waals surface area contributed by atoms with Crippen LogP contribution in [-0.4, -0.2) is 36.6 Å². The molecule has 0 fully saturated rings. The molecule has 2 heterocycles. The maximum Gasteiger partial charge on any atom is 0.265 e. The fraction of sp³-hybridized carbons (Fsp3) is 0.200. The molecule has 1 amide bonds. The van der Waals surface area contributed by atoms with Gasteiger partial charge in [0.1, 0.15) is 4.88 Å². The Morgan fingerprint density at radius 3 is 2.55 bits per heavy atom. The molecule has 0 saturated carbocycles. The van der Waals surface area contributed by atoms with E-state index in [1.807, 2.05) is 73.7 Å². The first-order chi connectivity index (χ1) is 18.4. The van der Waals surface area contributed by atoms with Gasteiger partial charge in [-0.05, 0) is 54.1 Å². The van der Waals surface area contributed by atoms with Crippen LogP contribution in [0.4, 0.5) is 0 Å². The number of methoxy groups -OCH3 is 2. The summed E-state index contributed by atoms with van der Waals surface area (Å²) in [6.07, 6.45) is 0.555. The van der Waals surface area contributed by atoms with Crippen molar-refractivity contribution >= 4 is 49.8 Å². The zero-order valence-corrected chi connectivity index (χ0v) is 22.9. The number of benzene rings is 3. The smallest absolute Gasteiger partial charge is 0.265 e. The van der Waals surface area contributed by atoms with Gasteiger partial charge in [0.05, 0.1) is 31.3 Å². The van der Waals surface area contributed by atoms with Crippen LogP contribution in [0.15, 0.2) is 71.5 Å². The first kappa shape index (κ1) is 25.8. The Kier molecular flexibility index (Phi) is 7.40. The van der Waals surface area contributed by atoms with Crippen molar-refractivity contribution in [2.75, 3.05) is 20.8 Å². The van der Waals surface area contributed by atoms with Crippen molar-refractivity contribution in [3.05, 3.63) is 104 Å². The highest BCUT2D eigenvalue weighted by molar-refractivity contribution is 7.21. The summed E-state index contributed by atoms with van der Waals surface area (Å²) in [7, 11) is 3.18. The number of fused-ring (bicyclic) bond motifs is 2. The summed E-state index contributed by atoms with van der Waals surface area (Å²) >= 11 is 8.05. The van der Waals surface area contributed by atoms with Crippen LogP contribution in [0, 0.1) is 6.92 Å². The molecule has 0 unspecified atom stereocenters. The zero-order valence-electron chi connectivity index (χ0n) is 21.3. The van der Waals surface area contributed by atoms with E-state index in [-0.39, 0.29) is 18.0 Å². The number of rotatable bonds is 8. The number of pyridine rings is 1. The summed E-state index contributed by atoms with van der Waals surface area (Å²) in [6, 6.07) is 21.1. The van der Waals surface area contributed by atoms with Crippen LogP contribution in [0.2, 0.25) is 5.02 Å². The zero-order chi connectivity index (χ0) is 26.8. The van der Waals surface area contributed by atoms with Crippen LogP contribution in [0.1, 0.15) is 26.4 Å². The number of H-pyrrole nitrogens is 1. The molecule has 0 aliphatic carbocycles. The quantitative estimate of drug-likeness (QED) is 0.238. The van der Waals surface area contributed by atoms with E-state index in [1.165, 1.54) is 11.3 Å². The van der Waals surface area contributed by atoms with Gasteiger partial charge < -0.3 is 19.4 Å². The number of hydrogen-bond donors (Lipinski definition) is 1. The van der Waals surface area contributed by atoms with Crippen molar-refractivity contribution in [1.29, 1.82) is 0 Å². The van der Waals surface area contributed by atoms with Gasteiger partial charge >= 0.3 is 0 Å². The molecule has 0 aliphatic heterocycles. The van der Waals surface area contributed by atoms with E-state index in [0.717, 1.165) is 32.1 Å². The standard InChI is InChI=1S/C30H27ClN2O4S/c1-18-7-6-8-20-16-21(29(34)32-27(18)20)17-33(14-13-19-11-12-23(36-2)24(15-19)37-3)30(35)28-26(31)22-9-4-5-10-25(22)38-28/h4-12,15-16H,13-14,17H2,1-3H3,(H,32,34). The van der Waals surface area contributed by atoms with E-state index in [9.17, 15) is 9.59 Å². The molecular weight excluding hydrogens is 520 g/mol. The van der Waals surface area contributed by atoms with Gasteiger partial charge in [-0.2, -0.15) is 0 Å². The molecule has 5 aromatic rings. The summed E-state index contributed by atoms with van der Waals surface area (Å²) in [4.78, 5) is 32.1. The van der Waals surface area contributed by atoms with Gasteiger partial charge in [0, 0.05) is 22.2 Å². The molecule has 194 valence electrons. The van der Waals surface area contributed by atoms with Crippen molar-refractivity contribution in [2.45, 2.75) is 19.9 Å². The third kappa shape index (κ3) is 4.99. The molecule has 0 spiro atoms. The molecule has 0 radical (unpaired) electrons. The van der Waals surface area contributed by atoms with Gasteiger partial charge in [-0.15, -0.1) is 11.3 Å². The first-order valence-electron chi connectivity index (χ1n) is 12.2. The number of nitrogens with one attached hydrogen (secondary N) is 1. The number of para-hydroxylation sites is 1. The summed E-state index contributed by atoms with van der Waals surface area (Å²) in [5.74, 6) is 1.05. The molecule has 1 N–H and O–H groups in total. The molecule has 2 aromatic heterocycles. The topological polar surface area (TPSA) is 71.6 Å². The van der Waals surface area contributed by atoms with Crippen LogP contribution in [0.25, 0.3) is 21.0 Å². The highest BCUT2D eigenvalue weighted by Gasteiger charge is 2.24. The molecule has 0 bridgehead atoms. The summed E-state index contributed by atoms with van der Waals surface area (Å²) < 4.78 is 11.7. The largest absolute Gasteiger partial charge is 0.493 e. The Bertz CT molecular complexity index is 1710. The molecule has 5 rings (SSSR count). The van der Waals surface area contributed by atoms with Crippen molar-refractivity contribution < 1.29 is 14.3 Å². The van der Waals surface area contributed by atoms with E-state index in [4.69, 9.17) is 21.1 Å². The van der Waals surface area contributed by atoms with Gasteiger partial charge in [-0.3, -0.25) is 9.59 Å². The van der Waals surface area contributed by atoms with Gasteiger partial charge in [0.15, 0.2) is 11.5 Å². The fourth-order valence-corrected chi connectivity index (χ4v) is 6.08. The van der Waals surface area contributed by atoms with E-state index in [2.05, 4.69) is 4.98 Å². The van der Waals surface area contributed by atoms with Crippen molar-refractivity contribution in [3.63, 3.8) is 0 Å². The lowest BCUT2D eigenvalue weighted by molar-refractivity contribution is 0.0749. The Morgan fingerprint density at radius 1 is 1.00 bits per heavy atom. The monoisotopic (exact) mass is 546 g/mol. The predicted octanol–water partition coefficient (Wildman–Crippen LogP) is 6.61. The van der Waals surface area contributed by atoms with Crippen LogP contribution in [0.5, 0.6) is 11.5 Å². The van der Waals surface area contributed by atoms with Crippen LogP contribution < -0.4 is 15.0 Å². The average molecular weight is 547 g/mol. The minimum Gasteiger partial charge on any atom is -0.493 e. The molecule has 0 saturated heterocycles. The molecule has 38 heavy (non-hydrogen) atoms. The van der Waals surface area contributed by atoms with E-state index >= 15 is 0 Å². The molecule has 6 nitrogen and oxygen atoms in total. The van der Waals surface area contributed by atoms with Crippen molar-refractivity contribution in [3.8, 4) is 11.5 Å². The summed E-state index contributed by atoms with van der Waals surface area (Å²) in [5, 5.41) is 2.21. The molecule has 8 heteroatoms. The number of carbonyl (C=O) groups excluding carboxylic acids is 1. The van der Waals surface area contributed by atoms with Gasteiger partial charge in [-0.25, -0.2) is 0 Å². The number of carbonyl (C=O) groups is 1. The maximum absolute atomic E-state index is 13.9. The van der Waals surface area contributed by atoms with Crippen LogP contribution in [0.3, 0.4) is 0 Å². The Morgan fingerprint density at radius 2 is 1.79 bits per heavy atom. The van der Waals surface area contributed by atoms with Gasteiger partial charge in [0.2, 0.25) is 0 Å². The highest BCUT2D eigenvalue weighted by Crippen LogP contribution is 2.36. The Balaban J connectivity index is 1.51. The van der Waals surface area contributed by atoms with Crippen molar-refractivity contribution in [1.82, 2.24) is 9.88 Å². The number of ether oxygens (including phenoxy) is 2. The predicted molar refractivity (Wildman–Crippen MR) is 154 cm³/mol. The molecule has 0 aliphatic rings. The SMILES string of the molecule is COc1ccc(CCN(Cc2cc3cccc(C)c3[nH]c2=O)C(=O)c2sc3ccccc3c2Cl)cc1OC. The minimum absolute atomic E-state index is 0.149. The second kappa shape index (κ2) is 10.9. The van der Waals surface area contributed by atoms with Crippen LogP contribution >= 0.6 is 22.9 Å². The molecule has 3 aromatic carbocycles. The minimum atomic E-state index is -0.210. The van der Waals surface area contributed by atoms with Gasteiger partial charge in [-0.1, -0.05) is 54.1 Å². The lowest BCUT2D eigenvalue weighted by Crippen LogP contribution is -2.34. The van der Waals surface area contributed by atoms with E-state index in [0.29, 0.717) is 39.9 Å². The van der Waals surface area contributed by atoms with Crippen molar-refractivity contribution in [2.24, 2.45) is 0 Å². The third-order valence-corrected chi connectivity index (χ3v) is 8.32. The average Bonchev–Trinajstić information content (AvgIpc) is 3.27. The number of nitrogens with zero attached hydrogens (tertiary/aromatic N) is 1. The summed E-state index contributed by atoms with van der Waals surface area (Å²) in [5.41, 5.74) is 3.08. The maximum atomic E-state index is 13.9. The number of amides is 1. The molecule has 0 atom stereocenters. The third-order valence-electron chi connectivity index (χ3n) is 6.66. The van der Waals surface area contributed by atoms with Gasteiger partial charge in [0.25, 0.3) is 11.5 Å². The number of thiophene rings is 1. The van der Waals surface area contributed by atoms with E-state index < -0.39 is 0 Å². The Labute approximate surface area is 229 Å². The Hall–Kier alpha value is -3.81. The second-order valence-corrected chi connectivity index (χ2v) is 10.5. The number of aryl methyl sites for hydroxylation is 1. The van der Waals surface area contributed by atoms with E-state index in [1.54, 1.807) is 19.1 Å². The number of aromatic amines is 1. The van der Waals surface area contributed by atoms with Crippen LogP contribution in [-0.2, 0) is 13.0 Å². The summed E-state index contributed by atoms with van der Waals surface area (Å²) in [6.45, 7) is 2.49. The first-order valence-corrected chi connectivity index (χ1v) is 13.4. The number of aromatic nitrogens is 1. The lowest BCUT2D eigenvalue weighted by atomic mass is 10.1.